The van der Waals surface area contributed by atoms with Crippen LogP contribution in [0.5, 0.6) is 0 Å². The van der Waals surface area contributed by atoms with Crippen molar-refractivity contribution in [2.24, 2.45) is 10.7 Å². The summed E-state index contributed by atoms with van der Waals surface area (Å²) in [7, 11) is 2.08. The van der Waals surface area contributed by atoms with Gasteiger partial charge in [0.05, 0.1) is 5.84 Å². The summed E-state index contributed by atoms with van der Waals surface area (Å²) in [5, 5.41) is 0. The van der Waals surface area contributed by atoms with E-state index in [0.29, 0.717) is 18.8 Å². The molecule has 1 amide bonds. The molecule has 92 valence electrons. The van der Waals surface area contributed by atoms with Gasteiger partial charge in [0.15, 0.2) is 0 Å². The Labute approximate surface area is 97.3 Å². The van der Waals surface area contributed by atoms with Crippen molar-refractivity contribution in [2.45, 2.75) is 19.8 Å². The van der Waals surface area contributed by atoms with Crippen LogP contribution in [0.3, 0.4) is 0 Å². The van der Waals surface area contributed by atoms with Crippen LogP contribution in [0.25, 0.3) is 0 Å². The first-order valence-corrected chi connectivity index (χ1v) is 5.82. The number of piperazine rings is 1. The van der Waals surface area contributed by atoms with Gasteiger partial charge in [0.1, 0.15) is 0 Å². The zero-order chi connectivity index (χ0) is 12.0. The lowest BCUT2D eigenvalue weighted by Gasteiger charge is -2.32. The van der Waals surface area contributed by atoms with Gasteiger partial charge < -0.3 is 15.5 Å². The van der Waals surface area contributed by atoms with Crippen molar-refractivity contribution < 1.29 is 4.79 Å². The molecule has 5 heteroatoms. The van der Waals surface area contributed by atoms with Crippen molar-refractivity contribution in [2.75, 3.05) is 39.8 Å². The lowest BCUT2D eigenvalue weighted by atomic mass is 10.2. The van der Waals surface area contributed by atoms with E-state index in [2.05, 4.69) is 16.9 Å². The highest BCUT2D eigenvalue weighted by atomic mass is 16.2. The molecule has 0 radical (unpaired) electrons. The maximum absolute atomic E-state index is 11.8. The van der Waals surface area contributed by atoms with Crippen LogP contribution in [-0.4, -0.2) is 61.3 Å². The van der Waals surface area contributed by atoms with E-state index >= 15 is 0 Å². The molecular formula is C11H22N4O. The van der Waals surface area contributed by atoms with Crippen LogP contribution in [0, 0.1) is 0 Å². The molecule has 5 nitrogen and oxygen atoms in total. The van der Waals surface area contributed by atoms with Gasteiger partial charge in [-0.2, -0.15) is 0 Å². The van der Waals surface area contributed by atoms with Gasteiger partial charge >= 0.3 is 0 Å². The predicted octanol–water partition coefficient (Wildman–Crippen LogP) is -0.0823. The number of nitrogens with two attached hydrogens (primary N) is 1. The smallest absolute Gasteiger partial charge is 0.222 e. The van der Waals surface area contributed by atoms with Gasteiger partial charge in [-0.1, -0.05) is 0 Å². The number of rotatable bonds is 4. The van der Waals surface area contributed by atoms with E-state index in [0.717, 1.165) is 32.6 Å². The minimum Gasteiger partial charge on any atom is -0.388 e. The van der Waals surface area contributed by atoms with E-state index in [1.54, 1.807) is 6.92 Å². The van der Waals surface area contributed by atoms with E-state index in [-0.39, 0.29) is 5.91 Å². The molecule has 0 atom stereocenters. The molecule has 1 rings (SSSR count). The summed E-state index contributed by atoms with van der Waals surface area (Å²) in [5.41, 5.74) is 5.42. The Morgan fingerprint density at radius 1 is 1.31 bits per heavy atom. The number of carbonyl (C=O) groups excluding carboxylic acids is 1. The largest absolute Gasteiger partial charge is 0.388 e. The van der Waals surface area contributed by atoms with Crippen molar-refractivity contribution in [1.82, 2.24) is 9.80 Å². The summed E-state index contributed by atoms with van der Waals surface area (Å²) < 4.78 is 0. The second-order valence-corrected chi connectivity index (χ2v) is 4.31. The van der Waals surface area contributed by atoms with Gasteiger partial charge in [-0.15, -0.1) is 0 Å². The van der Waals surface area contributed by atoms with Gasteiger partial charge in [-0.3, -0.25) is 9.79 Å². The van der Waals surface area contributed by atoms with Crippen LogP contribution in [0.4, 0.5) is 0 Å². The summed E-state index contributed by atoms with van der Waals surface area (Å²) >= 11 is 0. The molecule has 0 spiro atoms. The highest BCUT2D eigenvalue weighted by Crippen LogP contribution is 2.03. The Balaban J connectivity index is 2.17. The highest BCUT2D eigenvalue weighted by Gasteiger charge is 2.17. The number of nitrogens with zero attached hydrogens (tertiary/aromatic N) is 3. The molecule has 1 heterocycles. The Morgan fingerprint density at radius 3 is 2.50 bits per heavy atom. The van der Waals surface area contributed by atoms with Gasteiger partial charge in [-0.05, 0) is 20.4 Å². The summed E-state index contributed by atoms with van der Waals surface area (Å²) in [6.07, 6.45) is 1.38. The van der Waals surface area contributed by atoms with E-state index in [9.17, 15) is 4.79 Å². The molecule has 1 fully saturated rings. The van der Waals surface area contributed by atoms with Crippen molar-refractivity contribution in [3.63, 3.8) is 0 Å². The molecule has 2 N–H and O–H groups in total. The van der Waals surface area contributed by atoms with E-state index < -0.39 is 0 Å². The highest BCUT2D eigenvalue weighted by molar-refractivity contribution is 5.77. The number of aliphatic imine (C=N–C) groups is 1. The third kappa shape index (κ3) is 4.61. The average Bonchev–Trinajstić information content (AvgIpc) is 2.25. The van der Waals surface area contributed by atoms with Gasteiger partial charge in [0.2, 0.25) is 5.91 Å². The molecule has 16 heavy (non-hydrogen) atoms. The van der Waals surface area contributed by atoms with Gasteiger partial charge in [-0.25, -0.2) is 0 Å². The minimum atomic E-state index is 0.248. The molecule has 0 aromatic carbocycles. The van der Waals surface area contributed by atoms with E-state index in [1.165, 1.54) is 0 Å². The summed E-state index contributed by atoms with van der Waals surface area (Å²) in [6.45, 7) is 6.09. The third-order valence-electron chi connectivity index (χ3n) is 2.77. The fourth-order valence-corrected chi connectivity index (χ4v) is 1.70. The Morgan fingerprint density at radius 2 is 1.94 bits per heavy atom. The third-order valence-corrected chi connectivity index (χ3v) is 2.77. The number of hydrogen-bond acceptors (Lipinski definition) is 3. The first-order chi connectivity index (χ1) is 7.59. The molecule has 1 saturated heterocycles. The maximum atomic E-state index is 11.8. The summed E-state index contributed by atoms with van der Waals surface area (Å²) in [5.74, 6) is 0.838. The van der Waals surface area contributed by atoms with Crippen LogP contribution < -0.4 is 5.73 Å². The summed E-state index contributed by atoms with van der Waals surface area (Å²) in [4.78, 5) is 20.0. The normalized spacial score (nSPS) is 18.9. The number of carbonyl (C=O) groups is 1. The topological polar surface area (TPSA) is 61.9 Å². The first-order valence-electron chi connectivity index (χ1n) is 5.82. The lowest BCUT2D eigenvalue weighted by molar-refractivity contribution is -0.132. The molecule has 1 aliphatic rings. The fraction of sp³-hybridized carbons (Fsp3) is 0.818. The molecule has 0 aliphatic carbocycles. The van der Waals surface area contributed by atoms with E-state index in [4.69, 9.17) is 5.73 Å². The van der Waals surface area contributed by atoms with Gasteiger partial charge in [0, 0.05) is 39.1 Å². The van der Waals surface area contributed by atoms with Crippen molar-refractivity contribution in [1.29, 1.82) is 0 Å². The maximum Gasteiger partial charge on any atom is 0.222 e. The van der Waals surface area contributed by atoms with E-state index in [1.807, 2.05) is 4.90 Å². The van der Waals surface area contributed by atoms with Gasteiger partial charge in [0.25, 0.3) is 0 Å². The predicted molar refractivity (Wildman–Crippen MR) is 65.5 cm³/mol. The molecule has 0 bridgehead atoms. The van der Waals surface area contributed by atoms with Crippen molar-refractivity contribution in [3.8, 4) is 0 Å². The SMILES string of the molecule is CC(N)=NCCCC(=O)N1CCN(C)CC1. The molecule has 0 saturated carbocycles. The summed E-state index contributed by atoms with van der Waals surface area (Å²) in [6, 6.07) is 0. The Kier molecular flexibility index (Phi) is 5.25. The first kappa shape index (κ1) is 13.0. The monoisotopic (exact) mass is 226 g/mol. The van der Waals surface area contributed by atoms with Crippen molar-refractivity contribution >= 4 is 11.7 Å². The zero-order valence-electron chi connectivity index (χ0n) is 10.3. The average molecular weight is 226 g/mol. The number of amides is 1. The fourth-order valence-electron chi connectivity index (χ4n) is 1.70. The lowest BCUT2D eigenvalue weighted by Crippen LogP contribution is -2.47. The van der Waals surface area contributed by atoms with Crippen LogP contribution in [-0.2, 0) is 4.79 Å². The molecular weight excluding hydrogens is 204 g/mol. The van der Waals surface area contributed by atoms with Crippen LogP contribution >= 0.6 is 0 Å². The number of likely N-dealkylation sites (N-methyl/N-ethyl adjacent to an activating group) is 1. The second kappa shape index (κ2) is 6.48. The number of amidine groups is 1. The van der Waals surface area contributed by atoms with Crippen LogP contribution in [0.1, 0.15) is 19.8 Å². The standard InChI is InChI=1S/C11H22N4O/c1-10(12)13-5-3-4-11(16)15-8-6-14(2)7-9-15/h3-9H2,1-2H3,(H2,12,13). The molecule has 0 aromatic rings. The quantitative estimate of drug-likeness (QED) is 0.414. The second-order valence-electron chi connectivity index (χ2n) is 4.31. The Hall–Kier alpha value is -1.10. The Bertz CT molecular complexity index is 253. The zero-order valence-corrected chi connectivity index (χ0v) is 10.3. The van der Waals surface area contributed by atoms with Crippen LogP contribution in [0.2, 0.25) is 0 Å². The minimum absolute atomic E-state index is 0.248. The number of hydrogen-bond donors (Lipinski definition) is 1. The van der Waals surface area contributed by atoms with Crippen LogP contribution in [0.15, 0.2) is 4.99 Å². The molecule has 0 aromatic heterocycles. The molecule has 0 unspecified atom stereocenters. The van der Waals surface area contributed by atoms with Crippen molar-refractivity contribution in [3.05, 3.63) is 0 Å². The molecule has 1 aliphatic heterocycles.